The lowest BCUT2D eigenvalue weighted by Gasteiger charge is -2.08. The van der Waals surface area contributed by atoms with Gasteiger partial charge in [0.25, 0.3) is 0 Å². The summed E-state index contributed by atoms with van der Waals surface area (Å²) < 4.78 is 37.4. The van der Waals surface area contributed by atoms with Gasteiger partial charge in [-0.25, -0.2) is 0 Å². The summed E-state index contributed by atoms with van der Waals surface area (Å²) in [6.07, 6.45) is 2.14. The summed E-state index contributed by atoms with van der Waals surface area (Å²) in [4.78, 5) is 11.7. The Balaban J connectivity index is 3.14. The zero-order valence-corrected chi connectivity index (χ0v) is 19.0. The molecule has 9 heteroatoms. The van der Waals surface area contributed by atoms with E-state index in [4.69, 9.17) is 33.2 Å². The molecule has 0 aromatic carbocycles. The van der Waals surface area contributed by atoms with Gasteiger partial charge in [0.1, 0.15) is 0 Å². The van der Waals surface area contributed by atoms with Crippen LogP contribution in [0.1, 0.15) is 33.1 Å². The van der Waals surface area contributed by atoms with Crippen molar-refractivity contribution in [3.8, 4) is 0 Å². The number of hydrogen-bond acceptors (Lipinski definition) is 8. The van der Waals surface area contributed by atoms with Gasteiger partial charge in [0.2, 0.25) is 5.91 Å². The van der Waals surface area contributed by atoms with Crippen molar-refractivity contribution in [1.29, 1.82) is 0 Å². The number of ether oxygens (including phenoxy) is 7. The SMILES string of the molecule is CCCOCCOCCOCCCNC(=O)CCOCCOCCOCCOCC. The van der Waals surface area contributed by atoms with Crippen LogP contribution in [0.2, 0.25) is 0 Å². The van der Waals surface area contributed by atoms with Gasteiger partial charge >= 0.3 is 0 Å². The largest absolute Gasteiger partial charge is 0.379 e. The molecule has 0 unspecified atom stereocenters. The molecule has 0 saturated carbocycles. The third-order valence-corrected chi connectivity index (χ3v) is 3.67. The van der Waals surface area contributed by atoms with Crippen LogP contribution in [-0.4, -0.2) is 105 Å². The highest BCUT2D eigenvalue weighted by Gasteiger charge is 2.01. The van der Waals surface area contributed by atoms with E-state index in [0.29, 0.717) is 98.9 Å². The Morgan fingerprint density at radius 3 is 1.50 bits per heavy atom. The lowest BCUT2D eigenvalue weighted by Crippen LogP contribution is -2.26. The Kier molecular flexibility index (Phi) is 25.5. The van der Waals surface area contributed by atoms with Crippen LogP contribution in [0.15, 0.2) is 0 Å². The molecule has 1 N–H and O–H groups in total. The normalized spacial score (nSPS) is 11.1. The molecule has 0 heterocycles. The maximum absolute atomic E-state index is 11.7. The quantitative estimate of drug-likeness (QED) is 0.214. The van der Waals surface area contributed by atoms with E-state index >= 15 is 0 Å². The summed E-state index contributed by atoms with van der Waals surface area (Å²) in [7, 11) is 0. The number of hydrogen-bond donors (Lipinski definition) is 1. The van der Waals surface area contributed by atoms with Crippen LogP contribution in [0.5, 0.6) is 0 Å². The van der Waals surface area contributed by atoms with Crippen molar-refractivity contribution < 1.29 is 38.0 Å². The molecule has 0 aliphatic rings. The van der Waals surface area contributed by atoms with Gasteiger partial charge in [-0.15, -0.1) is 0 Å². The van der Waals surface area contributed by atoms with Crippen molar-refractivity contribution in [2.24, 2.45) is 0 Å². The van der Waals surface area contributed by atoms with E-state index in [2.05, 4.69) is 12.2 Å². The fourth-order valence-electron chi connectivity index (χ4n) is 2.15. The average Bonchev–Trinajstić information content (AvgIpc) is 2.75. The minimum Gasteiger partial charge on any atom is -0.379 e. The second-order valence-corrected chi connectivity index (χ2v) is 6.32. The third kappa shape index (κ3) is 25.2. The molecule has 0 aromatic rings. The first-order chi connectivity index (χ1) is 14.8. The van der Waals surface area contributed by atoms with Crippen molar-refractivity contribution in [1.82, 2.24) is 5.32 Å². The van der Waals surface area contributed by atoms with Gasteiger partial charge in [0.15, 0.2) is 0 Å². The molecule has 1 amide bonds. The summed E-state index contributed by atoms with van der Waals surface area (Å²) in [5, 5.41) is 2.85. The van der Waals surface area contributed by atoms with Gasteiger partial charge in [-0.3, -0.25) is 4.79 Å². The van der Waals surface area contributed by atoms with E-state index in [1.165, 1.54) is 0 Å². The summed E-state index contributed by atoms with van der Waals surface area (Å²) >= 11 is 0. The Morgan fingerprint density at radius 1 is 0.567 bits per heavy atom. The van der Waals surface area contributed by atoms with Crippen molar-refractivity contribution in [3.05, 3.63) is 0 Å². The number of nitrogens with one attached hydrogen (secondary N) is 1. The van der Waals surface area contributed by atoms with E-state index in [1.807, 2.05) is 6.92 Å². The summed E-state index contributed by atoms with van der Waals surface area (Å²) in [6.45, 7) is 12.6. The van der Waals surface area contributed by atoms with E-state index in [0.717, 1.165) is 19.4 Å². The highest BCUT2D eigenvalue weighted by atomic mass is 16.6. The molecule has 0 aliphatic heterocycles. The van der Waals surface area contributed by atoms with Crippen molar-refractivity contribution in [3.63, 3.8) is 0 Å². The molecular weight excluding hydrogens is 394 g/mol. The average molecular weight is 438 g/mol. The number of carbonyl (C=O) groups excluding carboxylic acids is 1. The molecule has 0 rings (SSSR count). The predicted molar refractivity (Wildman–Crippen MR) is 114 cm³/mol. The smallest absolute Gasteiger partial charge is 0.222 e. The van der Waals surface area contributed by atoms with Gasteiger partial charge < -0.3 is 38.5 Å². The summed E-state index contributed by atoms with van der Waals surface area (Å²) in [5.41, 5.74) is 0. The highest BCUT2D eigenvalue weighted by Crippen LogP contribution is 1.88. The summed E-state index contributed by atoms with van der Waals surface area (Å²) in [6, 6.07) is 0. The van der Waals surface area contributed by atoms with E-state index in [-0.39, 0.29) is 5.91 Å². The molecule has 0 aromatic heterocycles. The zero-order chi connectivity index (χ0) is 22.0. The van der Waals surface area contributed by atoms with Crippen LogP contribution in [0.4, 0.5) is 0 Å². The van der Waals surface area contributed by atoms with Crippen LogP contribution in [-0.2, 0) is 38.0 Å². The first-order valence-electron chi connectivity index (χ1n) is 11.1. The van der Waals surface area contributed by atoms with Crippen LogP contribution in [0, 0.1) is 0 Å². The van der Waals surface area contributed by atoms with Gasteiger partial charge in [-0.2, -0.15) is 0 Å². The maximum atomic E-state index is 11.7. The lowest BCUT2D eigenvalue weighted by atomic mass is 10.4. The van der Waals surface area contributed by atoms with E-state index in [9.17, 15) is 4.79 Å². The summed E-state index contributed by atoms with van der Waals surface area (Å²) in [5.74, 6) is -0.0194. The number of rotatable bonds is 25. The van der Waals surface area contributed by atoms with Gasteiger partial charge in [-0.05, 0) is 19.8 Å². The molecule has 0 atom stereocenters. The third-order valence-electron chi connectivity index (χ3n) is 3.67. The molecule has 0 fully saturated rings. The van der Waals surface area contributed by atoms with E-state index < -0.39 is 0 Å². The Bertz CT molecular complexity index is 317. The van der Waals surface area contributed by atoms with Gasteiger partial charge in [0.05, 0.1) is 72.7 Å². The molecule has 0 aliphatic carbocycles. The standard InChI is InChI=1S/C21H43NO8/c1-3-8-25-13-16-29-17-14-26-9-5-7-22-21(23)6-10-27-15-18-30-20-19-28-12-11-24-4-2/h3-20H2,1-2H3,(H,22,23). The molecule has 30 heavy (non-hydrogen) atoms. The first kappa shape index (κ1) is 29.2. The van der Waals surface area contributed by atoms with Crippen LogP contribution in [0.25, 0.3) is 0 Å². The lowest BCUT2D eigenvalue weighted by molar-refractivity contribution is -0.122. The van der Waals surface area contributed by atoms with Crippen molar-refractivity contribution in [2.75, 3.05) is 99.0 Å². The van der Waals surface area contributed by atoms with E-state index in [1.54, 1.807) is 0 Å². The fourth-order valence-corrected chi connectivity index (χ4v) is 2.15. The highest BCUT2D eigenvalue weighted by molar-refractivity contribution is 5.75. The number of amides is 1. The molecular formula is C21H43NO8. The van der Waals surface area contributed by atoms with Crippen molar-refractivity contribution in [2.45, 2.75) is 33.1 Å². The maximum Gasteiger partial charge on any atom is 0.222 e. The second-order valence-electron chi connectivity index (χ2n) is 6.32. The molecule has 0 saturated heterocycles. The predicted octanol–water partition coefficient (Wildman–Crippen LogP) is 1.43. The fraction of sp³-hybridized carbons (Fsp3) is 0.952. The minimum atomic E-state index is -0.0194. The van der Waals surface area contributed by atoms with Crippen LogP contribution in [0.3, 0.4) is 0 Å². The minimum absolute atomic E-state index is 0.0194. The Hall–Kier alpha value is -0.810. The molecule has 0 bridgehead atoms. The Morgan fingerprint density at radius 2 is 1.00 bits per heavy atom. The zero-order valence-electron chi connectivity index (χ0n) is 19.0. The van der Waals surface area contributed by atoms with Gasteiger partial charge in [-0.1, -0.05) is 6.92 Å². The van der Waals surface area contributed by atoms with Gasteiger partial charge in [0, 0.05) is 32.8 Å². The molecule has 180 valence electrons. The molecule has 9 nitrogen and oxygen atoms in total. The topological polar surface area (TPSA) is 93.7 Å². The number of carbonyl (C=O) groups is 1. The van der Waals surface area contributed by atoms with Crippen LogP contribution >= 0.6 is 0 Å². The molecule has 0 spiro atoms. The molecule has 0 radical (unpaired) electrons. The van der Waals surface area contributed by atoms with Crippen molar-refractivity contribution >= 4 is 5.91 Å². The monoisotopic (exact) mass is 437 g/mol. The van der Waals surface area contributed by atoms with Crippen LogP contribution < -0.4 is 5.32 Å². The first-order valence-corrected chi connectivity index (χ1v) is 11.1. The second kappa shape index (κ2) is 26.2. The Labute approximate surface area is 182 Å².